The third kappa shape index (κ3) is 2.48. The summed E-state index contributed by atoms with van der Waals surface area (Å²) < 4.78 is 2.44. The highest BCUT2D eigenvalue weighted by Crippen LogP contribution is 2.19. The minimum Gasteiger partial charge on any atom is -0.326 e. The molecule has 5 heteroatoms. The molecule has 0 amide bonds. The number of aryl methyl sites for hydroxylation is 2. The van der Waals surface area contributed by atoms with Gasteiger partial charge in [-0.05, 0) is 50.1 Å². The molecule has 2 rings (SSSR count). The van der Waals surface area contributed by atoms with Crippen molar-refractivity contribution in [3.63, 3.8) is 0 Å². The average Bonchev–Trinajstić information content (AvgIpc) is 2.38. The summed E-state index contributed by atoms with van der Waals surface area (Å²) in [5.74, 6) is 0. The molecule has 1 heterocycles. The summed E-state index contributed by atoms with van der Waals surface area (Å²) in [6.45, 7) is 5.98. The maximum absolute atomic E-state index is 12.3. The summed E-state index contributed by atoms with van der Waals surface area (Å²) in [6.07, 6.45) is 0. The molecule has 1 aromatic carbocycles. The van der Waals surface area contributed by atoms with Gasteiger partial charge in [0.15, 0.2) is 0 Å². The first-order chi connectivity index (χ1) is 8.95. The first-order valence-electron chi connectivity index (χ1n) is 6.01. The second kappa shape index (κ2) is 5.27. The van der Waals surface area contributed by atoms with Crippen molar-refractivity contribution in [2.45, 2.75) is 27.3 Å². The SMILES string of the molecule is Cc1cc(-n2nc(C)c(CN)c(C)c2=O)ccc1Br. The number of halogens is 1. The van der Waals surface area contributed by atoms with Crippen molar-refractivity contribution in [2.24, 2.45) is 5.73 Å². The quantitative estimate of drug-likeness (QED) is 0.923. The zero-order chi connectivity index (χ0) is 14.2. The standard InChI is InChI=1S/C14H16BrN3O/c1-8-6-11(4-5-13(8)15)18-14(19)9(2)12(7-16)10(3)17-18/h4-6H,7,16H2,1-3H3. The van der Waals surface area contributed by atoms with Crippen LogP contribution < -0.4 is 11.3 Å². The lowest BCUT2D eigenvalue weighted by Gasteiger charge is -2.12. The van der Waals surface area contributed by atoms with Gasteiger partial charge >= 0.3 is 0 Å². The molecule has 2 aromatic rings. The van der Waals surface area contributed by atoms with E-state index in [9.17, 15) is 4.79 Å². The Morgan fingerprint density at radius 2 is 2.00 bits per heavy atom. The molecule has 0 saturated carbocycles. The Kier molecular flexibility index (Phi) is 3.87. The fourth-order valence-electron chi connectivity index (χ4n) is 2.05. The van der Waals surface area contributed by atoms with E-state index in [1.54, 1.807) is 6.92 Å². The van der Waals surface area contributed by atoms with Crippen molar-refractivity contribution in [2.75, 3.05) is 0 Å². The van der Waals surface area contributed by atoms with E-state index < -0.39 is 0 Å². The third-order valence-corrected chi connectivity index (χ3v) is 4.13. The fraction of sp³-hybridized carbons (Fsp3) is 0.286. The Bertz CT molecular complexity index is 692. The van der Waals surface area contributed by atoms with Gasteiger partial charge in [0.1, 0.15) is 0 Å². The van der Waals surface area contributed by atoms with Crippen LogP contribution in [0.4, 0.5) is 0 Å². The molecule has 0 aliphatic carbocycles. The second-order valence-electron chi connectivity index (χ2n) is 4.54. The first kappa shape index (κ1) is 14.0. The van der Waals surface area contributed by atoms with Gasteiger partial charge in [-0.1, -0.05) is 15.9 Å². The number of aromatic nitrogens is 2. The molecule has 100 valence electrons. The molecule has 0 aliphatic rings. The van der Waals surface area contributed by atoms with Gasteiger partial charge in [0.05, 0.1) is 11.4 Å². The average molecular weight is 322 g/mol. The van der Waals surface area contributed by atoms with Crippen LogP contribution in [0.3, 0.4) is 0 Å². The van der Waals surface area contributed by atoms with Gasteiger partial charge in [-0.15, -0.1) is 0 Å². The van der Waals surface area contributed by atoms with E-state index in [0.29, 0.717) is 12.1 Å². The number of benzene rings is 1. The third-order valence-electron chi connectivity index (χ3n) is 3.24. The molecule has 0 fully saturated rings. The van der Waals surface area contributed by atoms with Crippen molar-refractivity contribution < 1.29 is 0 Å². The van der Waals surface area contributed by atoms with Gasteiger partial charge in [-0.25, -0.2) is 0 Å². The molecular formula is C14H16BrN3O. The summed E-state index contributed by atoms with van der Waals surface area (Å²) in [5.41, 5.74) is 9.65. The number of nitrogens with zero attached hydrogens (tertiary/aromatic N) is 2. The Labute approximate surface area is 120 Å². The van der Waals surface area contributed by atoms with Crippen molar-refractivity contribution in [1.82, 2.24) is 9.78 Å². The Hall–Kier alpha value is -1.46. The van der Waals surface area contributed by atoms with Gasteiger partial charge in [0, 0.05) is 16.6 Å². The molecule has 1 aromatic heterocycles. The van der Waals surface area contributed by atoms with Crippen LogP contribution >= 0.6 is 15.9 Å². The zero-order valence-corrected chi connectivity index (χ0v) is 12.8. The van der Waals surface area contributed by atoms with Gasteiger partial charge in [0.2, 0.25) is 0 Å². The normalized spacial score (nSPS) is 10.8. The minimum atomic E-state index is -0.118. The van der Waals surface area contributed by atoms with E-state index in [-0.39, 0.29) is 5.56 Å². The predicted molar refractivity (Wildman–Crippen MR) is 79.6 cm³/mol. The lowest BCUT2D eigenvalue weighted by molar-refractivity contribution is 0.754. The molecule has 2 N–H and O–H groups in total. The zero-order valence-electron chi connectivity index (χ0n) is 11.2. The lowest BCUT2D eigenvalue weighted by atomic mass is 10.1. The molecule has 19 heavy (non-hydrogen) atoms. The van der Waals surface area contributed by atoms with Crippen molar-refractivity contribution in [3.8, 4) is 5.69 Å². The van der Waals surface area contributed by atoms with Gasteiger partial charge in [0.25, 0.3) is 5.56 Å². The molecule has 0 unspecified atom stereocenters. The Morgan fingerprint density at radius 1 is 1.32 bits per heavy atom. The van der Waals surface area contributed by atoms with E-state index in [0.717, 1.165) is 27.0 Å². The summed E-state index contributed by atoms with van der Waals surface area (Å²) in [6, 6.07) is 5.71. The molecule has 0 bridgehead atoms. The number of hydrogen-bond donors (Lipinski definition) is 1. The van der Waals surface area contributed by atoms with E-state index in [1.807, 2.05) is 32.0 Å². The first-order valence-corrected chi connectivity index (χ1v) is 6.81. The minimum absolute atomic E-state index is 0.118. The lowest BCUT2D eigenvalue weighted by Crippen LogP contribution is -2.27. The second-order valence-corrected chi connectivity index (χ2v) is 5.40. The number of hydrogen-bond acceptors (Lipinski definition) is 3. The van der Waals surface area contributed by atoms with E-state index in [4.69, 9.17) is 5.73 Å². The van der Waals surface area contributed by atoms with E-state index >= 15 is 0 Å². The van der Waals surface area contributed by atoms with Crippen LogP contribution in [0, 0.1) is 20.8 Å². The predicted octanol–water partition coefficient (Wildman–Crippen LogP) is 2.38. The molecule has 4 nitrogen and oxygen atoms in total. The van der Waals surface area contributed by atoms with Crippen LogP contribution in [0.1, 0.15) is 22.4 Å². The van der Waals surface area contributed by atoms with Crippen LogP contribution in [0.15, 0.2) is 27.5 Å². The monoisotopic (exact) mass is 321 g/mol. The maximum Gasteiger partial charge on any atom is 0.274 e. The molecule has 0 atom stereocenters. The Morgan fingerprint density at radius 3 is 2.58 bits per heavy atom. The molecule has 0 aliphatic heterocycles. The van der Waals surface area contributed by atoms with Gasteiger partial charge < -0.3 is 5.73 Å². The number of nitrogens with two attached hydrogens (primary N) is 1. The topological polar surface area (TPSA) is 60.9 Å². The van der Waals surface area contributed by atoms with Gasteiger partial charge in [-0.3, -0.25) is 4.79 Å². The van der Waals surface area contributed by atoms with Crippen LogP contribution in [0.2, 0.25) is 0 Å². The van der Waals surface area contributed by atoms with Gasteiger partial charge in [-0.2, -0.15) is 9.78 Å². The summed E-state index contributed by atoms with van der Waals surface area (Å²) in [5, 5.41) is 4.35. The maximum atomic E-state index is 12.3. The van der Waals surface area contributed by atoms with E-state index in [1.165, 1.54) is 4.68 Å². The van der Waals surface area contributed by atoms with E-state index in [2.05, 4.69) is 21.0 Å². The highest BCUT2D eigenvalue weighted by atomic mass is 79.9. The molecule has 0 spiro atoms. The van der Waals surface area contributed by atoms with Crippen LogP contribution in [0.5, 0.6) is 0 Å². The van der Waals surface area contributed by atoms with Crippen molar-refractivity contribution in [1.29, 1.82) is 0 Å². The summed E-state index contributed by atoms with van der Waals surface area (Å²) >= 11 is 3.45. The molecule has 0 saturated heterocycles. The smallest absolute Gasteiger partial charge is 0.274 e. The summed E-state index contributed by atoms with van der Waals surface area (Å²) in [4.78, 5) is 12.3. The van der Waals surface area contributed by atoms with Crippen molar-refractivity contribution in [3.05, 3.63) is 55.4 Å². The van der Waals surface area contributed by atoms with Crippen LogP contribution in [-0.2, 0) is 6.54 Å². The summed E-state index contributed by atoms with van der Waals surface area (Å²) in [7, 11) is 0. The van der Waals surface area contributed by atoms with Crippen LogP contribution in [-0.4, -0.2) is 9.78 Å². The fourth-order valence-corrected chi connectivity index (χ4v) is 2.30. The highest BCUT2D eigenvalue weighted by molar-refractivity contribution is 9.10. The molecular weight excluding hydrogens is 306 g/mol. The molecule has 0 radical (unpaired) electrons. The van der Waals surface area contributed by atoms with Crippen molar-refractivity contribution >= 4 is 15.9 Å². The van der Waals surface area contributed by atoms with Crippen LogP contribution in [0.25, 0.3) is 5.69 Å². The Balaban J connectivity index is 2.70. The highest BCUT2D eigenvalue weighted by Gasteiger charge is 2.11. The largest absolute Gasteiger partial charge is 0.326 e. The number of rotatable bonds is 2.